The van der Waals surface area contributed by atoms with Crippen LogP contribution in [0, 0.1) is 6.92 Å². The van der Waals surface area contributed by atoms with Crippen molar-refractivity contribution in [3.63, 3.8) is 0 Å². The van der Waals surface area contributed by atoms with Crippen LogP contribution in [0.5, 0.6) is 0 Å². The summed E-state index contributed by atoms with van der Waals surface area (Å²) >= 11 is 1.62. The number of rotatable bonds is 4. The lowest BCUT2D eigenvalue weighted by Gasteiger charge is -1.97. The lowest BCUT2D eigenvalue weighted by Crippen LogP contribution is -1.84. The molecule has 0 aliphatic heterocycles. The van der Waals surface area contributed by atoms with E-state index < -0.39 is 0 Å². The van der Waals surface area contributed by atoms with E-state index in [4.69, 9.17) is 4.42 Å². The second-order valence-corrected chi connectivity index (χ2v) is 5.27. The molecule has 0 bridgehead atoms. The molecule has 0 spiro atoms. The smallest absolute Gasteiger partial charge is 0.226 e. The standard InChI is InChI=1S/C12H13N3OS/c1-8-2-5-11(13-6-8)17-7-10-14-15-12(16-10)9-3-4-9/h2,5-6,9H,3-4,7H2,1H3. The van der Waals surface area contributed by atoms with Gasteiger partial charge in [-0.2, -0.15) is 0 Å². The van der Waals surface area contributed by atoms with Crippen molar-refractivity contribution in [1.29, 1.82) is 0 Å². The van der Waals surface area contributed by atoms with E-state index >= 15 is 0 Å². The number of nitrogens with zero attached hydrogens (tertiary/aromatic N) is 3. The maximum atomic E-state index is 5.58. The van der Waals surface area contributed by atoms with Crippen LogP contribution in [0.4, 0.5) is 0 Å². The van der Waals surface area contributed by atoms with Gasteiger partial charge >= 0.3 is 0 Å². The van der Waals surface area contributed by atoms with Gasteiger partial charge < -0.3 is 4.42 Å². The van der Waals surface area contributed by atoms with Crippen LogP contribution in [0.3, 0.4) is 0 Å². The van der Waals surface area contributed by atoms with E-state index in [0.717, 1.165) is 10.9 Å². The summed E-state index contributed by atoms with van der Waals surface area (Å²) in [5.74, 6) is 2.71. The van der Waals surface area contributed by atoms with Crippen molar-refractivity contribution in [2.75, 3.05) is 0 Å². The van der Waals surface area contributed by atoms with Gasteiger partial charge in [-0.15, -0.1) is 10.2 Å². The molecule has 4 nitrogen and oxygen atoms in total. The van der Waals surface area contributed by atoms with Gasteiger partial charge in [0, 0.05) is 12.1 Å². The maximum Gasteiger partial charge on any atom is 0.226 e. The summed E-state index contributed by atoms with van der Waals surface area (Å²) in [6, 6.07) is 4.07. The predicted molar refractivity (Wildman–Crippen MR) is 64.8 cm³/mol. The first kappa shape index (κ1) is 10.8. The van der Waals surface area contributed by atoms with Crippen molar-refractivity contribution in [3.05, 3.63) is 35.7 Å². The Hall–Kier alpha value is -1.36. The highest BCUT2D eigenvalue weighted by Crippen LogP contribution is 2.39. The van der Waals surface area contributed by atoms with Crippen LogP contribution >= 0.6 is 11.8 Å². The van der Waals surface area contributed by atoms with Gasteiger partial charge in [0.25, 0.3) is 0 Å². The highest BCUT2D eigenvalue weighted by Gasteiger charge is 2.29. The highest BCUT2D eigenvalue weighted by molar-refractivity contribution is 7.98. The minimum Gasteiger partial charge on any atom is -0.424 e. The van der Waals surface area contributed by atoms with Gasteiger partial charge in [0.15, 0.2) is 0 Å². The van der Waals surface area contributed by atoms with Crippen molar-refractivity contribution in [2.45, 2.75) is 36.5 Å². The third kappa shape index (κ3) is 2.66. The topological polar surface area (TPSA) is 51.8 Å². The Morgan fingerprint density at radius 3 is 2.94 bits per heavy atom. The number of thioether (sulfide) groups is 1. The monoisotopic (exact) mass is 247 g/mol. The molecule has 0 saturated heterocycles. The molecule has 1 aliphatic carbocycles. The van der Waals surface area contributed by atoms with Crippen molar-refractivity contribution in [1.82, 2.24) is 15.2 Å². The number of aromatic nitrogens is 3. The molecule has 2 aromatic rings. The van der Waals surface area contributed by atoms with Crippen molar-refractivity contribution in [3.8, 4) is 0 Å². The van der Waals surface area contributed by atoms with Gasteiger partial charge in [-0.05, 0) is 31.4 Å². The fourth-order valence-electron chi connectivity index (χ4n) is 1.50. The van der Waals surface area contributed by atoms with E-state index in [0.29, 0.717) is 17.6 Å². The zero-order chi connectivity index (χ0) is 11.7. The van der Waals surface area contributed by atoms with Gasteiger partial charge in [-0.25, -0.2) is 4.98 Å². The van der Waals surface area contributed by atoms with E-state index in [1.807, 2.05) is 19.2 Å². The summed E-state index contributed by atoms with van der Waals surface area (Å²) in [5.41, 5.74) is 1.17. The Labute approximate surface area is 104 Å². The number of aryl methyl sites for hydroxylation is 1. The van der Waals surface area contributed by atoms with Crippen LogP contribution in [0.25, 0.3) is 0 Å². The molecular weight excluding hydrogens is 234 g/mol. The Kier molecular flexibility index (Phi) is 2.84. The summed E-state index contributed by atoms with van der Waals surface area (Å²) in [6.07, 6.45) is 4.24. The minimum atomic E-state index is 0.527. The first-order chi connectivity index (χ1) is 8.31. The minimum absolute atomic E-state index is 0.527. The summed E-state index contributed by atoms with van der Waals surface area (Å²) in [4.78, 5) is 4.32. The zero-order valence-corrected chi connectivity index (χ0v) is 10.4. The van der Waals surface area contributed by atoms with Crippen LogP contribution in [0.15, 0.2) is 27.8 Å². The average Bonchev–Trinajstić information content (AvgIpc) is 3.09. The number of pyridine rings is 1. The van der Waals surface area contributed by atoms with E-state index in [-0.39, 0.29) is 0 Å². The molecule has 1 saturated carbocycles. The molecule has 0 aromatic carbocycles. The van der Waals surface area contributed by atoms with Crippen molar-refractivity contribution < 1.29 is 4.42 Å². The van der Waals surface area contributed by atoms with E-state index in [9.17, 15) is 0 Å². The summed E-state index contributed by atoms with van der Waals surface area (Å²) < 4.78 is 5.58. The van der Waals surface area contributed by atoms with Gasteiger partial charge in [0.1, 0.15) is 0 Å². The number of hydrogen-bond donors (Lipinski definition) is 0. The maximum absolute atomic E-state index is 5.58. The van der Waals surface area contributed by atoms with Crippen LogP contribution in [0.2, 0.25) is 0 Å². The molecule has 1 fully saturated rings. The summed E-state index contributed by atoms with van der Waals surface area (Å²) in [7, 11) is 0. The Morgan fingerprint density at radius 1 is 1.35 bits per heavy atom. The first-order valence-electron chi connectivity index (χ1n) is 5.69. The van der Waals surface area contributed by atoms with Crippen molar-refractivity contribution in [2.24, 2.45) is 0 Å². The van der Waals surface area contributed by atoms with Crippen LogP contribution < -0.4 is 0 Å². The second-order valence-electron chi connectivity index (χ2n) is 4.27. The van der Waals surface area contributed by atoms with Crippen molar-refractivity contribution >= 4 is 11.8 Å². The average molecular weight is 247 g/mol. The summed E-state index contributed by atoms with van der Waals surface area (Å²) in [5, 5.41) is 9.09. The molecule has 0 amide bonds. The molecule has 0 atom stereocenters. The molecule has 2 heterocycles. The molecule has 17 heavy (non-hydrogen) atoms. The first-order valence-corrected chi connectivity index (χ1v) is 6.67. The second kappa shape index (κ2) is 4.49. The van der Waals surface area contributed by atoms with Gasteiger partial charge in [0.2, 0.25) is 11.8 Å². The van der Waals surface area contributed by atoms with Crippen LogP contribution in [0.1, 0.15) is 36.1 Å². The SMILES string of the molecule is Cc1ccc(SCc2nnc(C3CC3)o2)nc1. The molecule has 0 radical (unpaired) electrons. The Morgan fingerprint density at radius 2 is 2.24 bits per heavy atom. The normalized spacial score (nSPS) is 15.1. The number of hydrogen-bond acceptors (Lipinski definition) is 5. The zero-order valence-electron chi connectivity index (χ0n) is 9.59. The quantitative estimate of drug-likeness (QED) is 0.777. The molecule has 88 valence electrons. The van der Waals surface area contributed by atoms with Gasteiger partial charge in [-0.3, -0.25) is 0 Å². The van der Waals surface area contributed by atoms with E-state index in [1.165, 1.54) is 18.4 Å². The fourth-order valence-corrected chi connectivity index (χ4v) is 2.17. The lowest BCUT2D eigenvalue weighted by molar-refractivity contribution is 0.466. The van der Waals surface area contributed by atoms with Gasteiger partial charge in [-0.1, -0.05) is 17.8 Å². The van der Waals surface area contributed by atoms with E-state index in [2.05, 4.69) is 21.2 Å². The molecule has 2 aromatic heterocycles. The Balaban J connectivity index is 1.60. The third-order valence-corrected chi connectivity index (χ3v) is 3.57. The molecule has 5 heteroatoms. The lowest BCUT2D eigenvalue weighted by atomic mass is 10.3. The Bertz CT molecular complexity index is 505. The van der Waals surface area contributed by atoms with Crippen LogP contribution in [-0.4, -0.2) is 15.2 Å². The molecule has 0 unspecified atom stereocenters. The highest BCUT2D eigenvalue weighted by atomic mass is 32.2. The summed E-state index contributed by atoms with van der Waals surface area (Å²) in [6.45, 7) is 2.03. The predicted octanol–water partition coefficient (Wildman–Crippen LogP) is 2.94. The largest absolute Gasteiger partial charge is 0.424 e. The molecule has 1 aliphatic rings. The van der Waals surface area contributed by atoms with Crippen LogP contribution in [-0.2, 0) is 5.75 Å². The van der Waals surface area contributed by atoms with Gasteiger partial charge in [0.05, 0.1) is 10.8 Å². The fraction of sp³-hybridized carbons (Fsp3) is 0.417. The molecular formula is C12H13N3OS. The van der Waals surface area contributed by atoms with E-state index in [1.54, 1.807) is 11.8 Å². The molecule has 3 rings (SSSR count). The molecule has 0 N–H and O–H groups in total. The third-order valence-electron chi connectivity index (χ3n) is 2.64.